The standard InChI is InChI=1S/C10H17N5O/c1-14(10(16)13-8-12)9-2-5-15(6-3-9)7-4-11/h8-9H,2-3,5-7H2,1H3,(H2,12,13,16). The zero-order valence-electron chi connectivity index (χ0n) is 9.46. The smallest absolute Gasteiger partial charge is 0.344 e. The van der Waals surface area contributed by atoms with E-state index in [2.05, 4.69) is 16.0 Å². The van der Waals surface area contributed by atoms with Crippen molar-refractivity contribution in [3.63, 3.8) is 0 Å². The van der Waals surface area contributed by atoms with E-state index in [1.165, 1.54) is 0 Å². The highest BCUT2D eigenvalue weighted by Gasteiger charge is 2.24. The molecule has 0 aliphatic carbocycles. The van der Waals surface area contributed by atoms with Crippen molar-refractivity contribution in [1.82, 2.24) is 9.80 Å². The molecule has 1 heterocycles. The number of urea groups is 1. The highest BCUT2D eigenvalue weighted by Crippen LogP contribution is 2.15. The van der Waals surface area contributed by atoms with Gasteiger partial charge in [-0.05, 0) is 12.8 Å². The van der Waals surface area contributed by atoms with Crippen LogP contribution in [0.1, 0.15) is 12.8 Å². The summed E-state index contributed by atoms with van der Waals surface area (Å²) in [6.45, 7) is 2.16. The summed E-state index contributed by atoms with van der Waals surface area (Å²) in [6, 6.07) is 2.03. The second kappa shape index (κ2) is 6.08. The lowest BCUT2D eigenvalue weighted by Crippen LogP contribution is -2.44. The number of rotatable bonds is 2. The summed E-state index contributed by atoms with van der Waals surface area (Å²) < 4.78 is 0. The lowest BCUT2D eigenvalue weighted by molar-refractivity contribution is 0.147. The fourth-order valence-corrected chi connectivity index (χ4v) is 1.88. The van der Waals surface area contributed by atoms with E-state index < -0.39 is 0 Å². The van der Waals surface area contributed by atoms with Crippen LogP contribution < -0.4 is 5.73 Å². The average Bonchev–Trinajstić information content (AvgIpc) is 2.30. The summed E-state index contributed by atoms with van der Waals surface area (Å²) in [6.07, 6.45) is 2.78. The van der Waals surface area contributed by atoms with Gasteiger partial charge in [0.15, 0.2) is 0 Å². The SMILES string of the molecule is CN(C(=O)N=CN)C1CCN(CC#N)CC1. The van der Waals surface area contributed by atoms with Crippen molar-refractivity contribution in [3.05, 3.63) is 0 Å². The van der Waals surface area contributed by atoms with E-state index in [0.29, 0.717) is 6.54 Å². The fourth-order valence-electron chi connectivity index (χ4n) is 1.88. The maximum Gasteiger partial charge on any atom is 0.344 e. The fraction of sp³-hybridized carbons (Fsp3) is 0.700. The van der Waals surface area contributed by atoms with Crippen LogP contribution in [0.5, 0.6) is 0 Å². The van der Waals surface area contributed by atoms with Crippen molar-refractivity contribution in [2.45, 2.75) is 18.9 Å². The molecular weight excluding hydrogens is 206 g/mol. The van der Waals surface area contributed by atoms with Crippen LogP contribution in [0, 0.1) is 11.3 Å². The number of nitriles is 1. The molecule has 2 N–H and O–H groups in total. The minimum atomic E-state index is -0.304. The number of amides is 2. The van der Waals surface area contributed by atoms with Crippen LogP contribution >= 0.6 is 0 Å². The normalized spacial score (nSPS) is 18.5. The molecule has 0 radical (unpaired) electrons. The first kappa shape index (κ1) is 12.5. The van der Waals surface area contributed by atoms with E-state index in [4.69, 9.17) is 11.0 Å². The first-order valence-electron chi connectivity index (χ1n) is 5.29. The Bertz CT molecular complexity index is 301. The lowest BCUT2D eigenvalue weighted by atomic mass is 10.0. The Morgan fingerprint density at radius 2 is 2.31 bits per heavy atom. The highest BCUT2D eigenvalue weighted by molar-refractivity contribution is 5.82. The molecule has 1 rings (SSSR count). The first-order valence-corrected chi connectivity index (χ1v) is 5.29. The summed E-state index contributed by atoms with van der Waals surface area (Å²) in [5.41, 5.74) is 5.07. The predicted molar refractivity (Wildman–Crippen MR) is 60.9 cm³/mol. The molecule has 0 unspecified atom stereocenters. The van der Waals surface area contributed by atoms with Crippen LogP contribution in [0.2, 0.25) is 0 Å². The van der Waals surface area contributed by atoms with Crippen molar-refractivity contribution in [1.29, 1.82) is 5.26 Å². The van der Waals surface area contributed by atoms with Crippen molar-refractivity contribution >= 4 is 12.4 Å². The van der Waals surface area contributed by atoms with E-state index in [0.717, 1.165) is 32.3 Å². The maximum absolute atomic E-state index is 11.4. The number of aliphatic imine (C=N–C) groups is 1. The molecule has 0 atom stereocenters. The molecule has 1 saturated heterocycles. The van der Waals surface area contributed by atoms with Gasteiger partial charge in [0.05, 0.1) is 19.0 Å². The van der Waals surface area contributed by atoms with Gasteiger partial charge in [0, 0.05) is 26.2 Å². The van der Waals surface area contributed by atoms with Gasteiger partial charge in [-0.15, -0.1) is 0 Å². The zero-order chi connectivity index (χ0) is 12.0. The highest BCUT2D eigenvalue weighted by atomic mass is 16.2. The summed E-state index contributed by atoms with van der Waals surface area (Å²) in [5, 5.41) is 8.56. The van der Waals surface area contributed by atoms with Gasteiger partial charge < -0.3 is 10.6 Å². The Balaban J connectivity index is 2.41. The van der Waals surface area contributed by atoms with Gasteiger partial charge >= 0.3 is 6.03 Å². The summed E-state index contributed by atoms with van der Waals surface area (Å²) in [4.78, 5) is 18.7. The van der Waals surface area contributed by atoms with Gasteiger partial charge in [-0.1, -0.05) is 0 Å². The van der Waals surface area contributed by atoms with Crippen molar-refractivity contribution in [2.75, 3.05) is 26.7 Å². The minimum absolute atomic E-state index is 0.200. The Morgan fingerprint density at radius 3 is 2.81 bits per heavy atom. The van der Waals surface area contributed by atoms with Crippen LogP contribution in [0.15, 0.2) is 4.99 Å². The second-order valence-corrected chi connectivity index (χ2v) is 3.84. The van der Waals surface area contributed by atoms with E-state index >= 15 is 0 Å². The molecule has 1 fully saturated rings. The molecule has 0 aromatic rings. The van der Waals surface area contributed by atoms with Gasteiger partial charge in [-0.2, -0.15) is 10.3 Å². The lowest BCUT2D eigenvalue weighted by Gasteiger charge is -2.34. The molecule has 88 valence electrons. The van der Waals surface area contributed by atoms with Crippen LogP contribution in [0.4, 0.5) is 4.79 Å². The third-order valence-electron chi connectivity index (χ3n) is 2.89. The second-order valence-electron chi connectivity index (χ2n) is 3.84. The molecular formula is C10H17N5O. The van der Waals surface area contributed by atoms with Gasteiger partial charge in [0.25, 0.3) is 0 Å². The van der Waals surface area contributed by atoms with Crippen LogP contribution in [0.25, 0.3) is 0 Å². The molecule has 0 spiro atoms. The Kier molecular flexibility index (Phi) is 4.73. The molecule has 6 heteroatoms. The number of hydrogen-bond donors (Lipinski definition) is 1. The van der Waals surface area contributed by atoms with Crippen LogP contribution in [-0.2, 0) is 0 Å². The van der Waals surface area contributed by atoms with Crippen molar-refractivity contribution in [3.8, 4) is 6.07 Å². The van der Waals surface area contributed by atoms with E-state index in [-0.39, 0.29) is 12.1 Å². The molecule has 16 heavy (non-hydrogen) atoms. The van der Waals surface area contributed by atoms with Crippen LogP contribution in [-0.4, -0.2) is 54.9 Å². The van der Waals surface area contributed by atoms with Gasteiger partial charge in [-0.25, -0.2) is 4.79 Å². The number of piperidine rings is 1. The third kappa shape index (κ3) is 3.21. The van der Waals surface area contributed by atoms with E-state index in [9.17, 15) is 4.79 Å². The summed E-state index contributed by atoms with van der Waals surface area (Å²) >= 11 is 0. The van der Waals surface area contributed by atoms with Crippen molar-refractivity contribution in [2.24, 2.45) is 10.7 Å². The van der Waals surface area contributed by atoms with Gasteiger partial charge in [0.2, 0.25) is 0 Å². The Morgan fingerprint density at radius 1 is 1.69 bits per heavy atom. The molecule has 1 aliphatic heterocycles. The molecule has 0 bridgehead atoms. The topological polar surface area (TPSA) is 85.7 Å². The number of nitrogens with zero attached hydrogens (tertiary/aromatic N) is 4. The van der Waals surface area contributed by atoms with Crippen molar-refractivity contribution < 1.29 is 4.79 Å². The molecule has 6 nitrogen and oxygen atoms in total. The van der Waals surface area contributed by atoms with Crippen LogP contribution in [0.3, 0.4) is 0 Å². The minimum Gasteiger partial charge on any atom is -0.390 e. The molecule has 0 aromatic carbocycles. The van der Waals surface area contributed by atoms with Gasteiger partial charge in [0.1, 0.15) is 0 Å². The Labute approximate surface area is 95.3 Å². The monoisotopic (exact) mass is 223 g/mol. The zero-order valence-corrected chi connectivity index (χ0v) is 9.46. The number of carbonyl (C=O) groups is 1. The van der Waals surface area contributed by atoms with E-state index in [1.807, 2.05) is 0 Å². The summed E-state index contributed by atoms with van der Waals surface area (Å²) in [7, 11) is 1.74. The largest absolute Gasteiger partial charge is 0.390 e. The Hall–Kier alpha value is -1.61. The number of carbonyl (C=O) groups excluding carboxylic acids is 1. The molecule has 0 aromatic heterocycles. The average molecular weight is 223 g/mol. The quantitative estimate of drug-likeness (QED) is 0.406. The number of nitrogens with two attached hydrogens (primary N) is 1. The maximum atomic E-state index is 11.4. The van der Waals surface area contributed by atoms with Gasteiger partial charge in [-0.3, -0.25) is 4.90 Å². The van der Waals surface area contributed by atoms with E-state index in [1.54, 1.807) is 11.9 Å². The number of likely N-dealkylation sites (tertiary alicyclic amines) is 1. The molecule has 1 aliphatic rings. The molecule has 2 amide bonds. The molecule has 0 saturated carbocycles. The summed E-state index contributed by atoms with van der Waals surface area (Å²) in [5.74, 6) is 0. The third-order valence-corrected chi connectivity index (χ3v) is 2.89. The number of hydrogen-bond acceptors (Lipinski definition) is 3. The predicted octanol–water partition coefficient (Wildman–Crippen LogP) is 0.0132. The first-order chi connectivity index (χ1) is 7.69.